The van der Waals surface area contributed by atoms with E-state index < -0.39 is 11.7 Å². The third kappa shape index (κ3) is 7.40. The van der Waals surface area contributed by atoms with Gasteiger partial charge in [0.15, 0.2) is 0 Å². The highest BCUT2D eigenvalue weighted by molar-refractivity contribution is 8.03. The molecule has 1 amide bonds. The molecule has 2 saturated heterocycles. The zero-order valence-corrected chi connectivity index (χ0v) is 18.2. The Kier molecular flexibility index (Phi) is 8.62. The van der Waals surface area contributed by atoms with Gasteiger partial charge in [0.1, 0.15) is 0 Å². The summed E-state index contributed by atoms with van der Waals surface area (Å²) in [6.07, 6.45) is -0.794. The molecule has 2 fully saturated rings. The van der Waals surface area contributed by atoms with E-state index in [0.29, 0.717) is 23.9 Å². The Bertz CT molecular complexity index is 656. The fourth-order valence-electron chi connectivity index (χ4n) is 3.90. The van der Waals surface area contributed by atoms with E-state index in [9.17, 15) is 18.0 Å². The molecule has 2 aliphatic rings. The first-order chi connectivity index (χ1) is 13.9. The number of carbonyl (C=O) groups is 1. The van der Waals surface area contributed by atoms with Gasteiger partial charge in [-0.15, -0.1) is 0 Å². The van der Waals surface area contributed by atoms with Crippen molar-refractivity contribution in [2.24, 2.45) is 5.92 Å². The van der Waals surface area contributed by atoms with Crippen LogP contribution in [-0.4, -0.2) is 52.9 Å². The van der Waals surface area contributed by atoms with Crippen LogP contribution in [0, 0.1) is 5.92 Å². The summed E-state index contributed by atoms with van der Waals surface area (Å²) in [6.45, 7) is 2.36. The Morgan fingerprint density at radius 3 is 2.48 bits per heavy atom. The van der Waals surface area contributed by atoms with Gasteiger partial charge in [-0.3, -0.25) is 9.69 Å². The molecule has 162 valence electrons. The molecule has 0 atom stereocenters. The summed E-state index contributed by atoms with van der Waals surface area (Å²) < 4.78 is 38.3. The topological polar surface area (TPSA) is 32.3 Å². The molecule has 3 nitrogen and oxygen atoms in total. The lowest BCUT2D eigenvalue weighted by molar-refractivity contribution is -0.137. The van der Waals surface area contributed by atoms with Crippen molar-refractivity contribution in [3.05, 3.63) is 35.4 Å². The second kappa shape index (κ2) is 11.0. The number of alkyl halides is 3. The summed E-state index contributed by atoms with van der Waals surface area (Å²) in [4.78, 5) is 14.8. The molecular formula is C21H29F3N2OS2. The highest BCUT2D eigenvalue weighted by Gasteiger charge is 2.30. The van der Waals surface area contributed by atoms with Crippen LogP contribution in [0.5, 0.6) is 0 Å². The minimum absolute atomic E-state index is 0.0820. The lowest BCUT2D eigenvalue weighted by Crippen LogP contribution is -2.44. The molecule has 2 aliphatic heterocycles. The lowest BCUT2D eigenvalue weighted by atomic mass is 9.91. The van der Waals surface area contributed by atoms with Crippen LogP contribution in [0.15, 0.2) is 24.3 Å². The van der Waals surface area contributed by atoms with Crippen LogP contribution in [0.3, 0.4) is 0 Å². The highest BCUT2D eigenvalue weighted by atomic mass is 32.2. The molecule has 1 aromatic carbocycles. The average molecular weight is 447 g/mol. The number of thioether (sulfide) groups is 2. The van der Waals surface area contributed by atoms with Crippen molar-refractivity contribution in [1.82, 2.24) is 10.2 Å². The third-order valence-corrected chi connectivity index (χ3v) is 8.17. The van der Waals surface area contributed by atoms with Crippen LogP contribution in [-0.2, 0) is 17.5 Å². The highest BCUT2D eigenvalue weighted by Crippen LogP contribution is 2.30. The van der Waals surface area contributed by atoms with Gasteiger partial charge in [-0.1, -0.05) is 12.1 Å². The zero-order valence-electron chi connectivity index (χ0n) is 16.5. The van der Waals surface area contributed by atoms with E-state index in [0.717, 1.165) is 44.5 Å². The second-order valence-corrected chi connectivity index (χ2v) is 10.1. The van der Waals surface area contributed by atoms with E-state index in [1.54, 1.807) is 6.07 Å². The van der Waals surface area contributed by atoms with Crippen LogP contribution in [0.2, 0.25) is 0 Å². The predicted octanol–water partition coefficient (Wildman–Crippen LogP) is 4.66. The number of nitrogens with one attached hydrogen (secondary N) is 1. The van der Waals surface area contributed by atoms with E-state index in [-0.39, 0.29) is 12.5 Å². The van der Waals surface area contributed by atoms with E-state index in [2.05, 4.69) is 33.7 Å². The third-order valence-electron chi connectivity index (χ3n) is 5.68. The van der Waals surface area contributed by atoms with Crippen LogP contribution >= 0.6 is 23.5 Å². The number of hydrogen-bond acceptors (Lipinski definition) is 4. The van der Waals surface area contributed by atoms with Gasteiger partial charge in [0.25, 0.3) is 0 Å². The Hall–Kier alpha value is -0.860. The van der Waals surface area contributed by atoms with E-state index in [1.807, 2.05) is 0 Å². The number of nitrogens with zero attached hydrogens (tertiary/aromatic N) is 1. The quantitative estimate of drug-likeness (QED) is 0.689. The van der Waals surface area contributed by atoms with Gasteiger partial charge in [0, 0.05) is 42.0 Å². The van der Waals surface area contributed by atoms with E-state index >= 15 is 0 Å². The van der Waals surface area contributed by atoms with Crippen molar-refractivity contribution in [1.29, 1.82) is 0 Å². The Balaban J connectivity index is 1.35. The van der Waals surface area contributed by atoms with E-state index in [1.165, 1.54) is 29.1 Å². The molecule has 1 N–H and O–H groups in total. The molecule has 0 aliphatic carbocycles. The molecule has 0 spiro atoms. The molecule has 29 heavy (non-hydrogen) atoms. The Labute approximate surface area is 179 Å². The van der Waals surface area contributed by atoms with Crippen molar-refractivity contribution in [3.8, 4) is 0 Å². The van der Waals surface area contributed by atoms with Gasteiger partial charge < -0.3 is 5.32 Å². The van der Waals surface area contributed by atoms with Crippen LogP contribution in [0.4, 0.5) is 13.2 Å². The maximum atomic E-state index is 12.8. The fourth-order valence-corrected chi connectivity index (χ4v) is 6.53. The number of likely N-dealkylation sites (tertiary alicyclic amines) is 1. The first kappa shape index (κ1) is 22.8. The molecule has 2 heterocycles. The largest absolute Gasteiger partial charge is 0.416 e. The first-order valence-corrected chi connectivity index (χ1v) is 12.5. The van der Waals surface area contributed by atoms with Crippen molar-refractivity contribution in [2.75, 3.05) is 36.1 Å². The summed E-state index contributed by atoms with van der Waals surface area (Å²) in [5.41, 5.74) is -0.206. The molecule has 0 unspecified atom stereocenters. The summed E-state index contributed by atoms with van der Waals surface area (Å²) in [5, 5.41) is 2.76. The summed E-state index contributed by atoms with van der Waals surface area (Å²) in [7, 11) is 0. The van der Waals surface area contributed by atoms with Crippen LogP contribution in [0.1, 0.15) is 36.8 Å². The van der Waals surface area contributed by atoms with Crippen LogP contribution in [0.25, 0.3) is 0 Å². The molecule has 3 rings (SSSR count). The summed E-state index contributed by atoms with van der Waals surface area (Å²) >= 11 is 4.12. The molecule has 0 radical (unpaired) electrons. The minimum Gasteiger partial charge on any atom is -0.352 e. The normalized spacial score (nSPS) is 20.4. The lowest BCUT2D eigenvalue weighted by Gasteiger charge is -2.37. The predicted molar refractivity (Wildman–Crippen MR) is 115 cm³/mol. The average Bonchev–Trinajstić information content (AvgIpc) is 3.00. The number of carbonyl (C=O) groups excluding carboxylic acids is 1. The van der Waals surface area contributed by atoms with Gasteiger partial charge in [-0.2, -0.15) is 36.7 Å². The molecule has 1 aromatic rings. The van der Waals surface area contributed by atoms with E-state index in [4.69, 9.17) is 0 Å². The standard InChI is InChI=1S/C21H29F3N2OS2/c22-21(23,24)18-3-1-2-17(12-18)13-25-20(27)5-4-16-6-8-26(9-7-16)19-14-28-10-11-29-15-19/h1-3,12,16,19H,4-11,13-15H2,(H,25,27). The number of hydrogen-bond donors (Lipinski definition) is 1. The summed E-state index contributed by atoms with van der Waals surface area (Å²) in [5.74, 6) is 5.46. The molecule has 0 aromatic heterocycles. The molecular weight excluding hydrogens is 417 g/mol. The first-order valence-electron chi connectivity index (χ1n) is 10.2. The molecule has 8 heteroatoms. The van der Waals surface area contributed by atoms with Crippen molar-refractivity contribution < 1.29 is 18.0 Å². The number of rotatable bonds is 6. The van der Waals surface area contributed by atoms with Crippen molar-refractivity contribution in [3.63, 3.8) is 0 Å². The van der Waals surface area contributed by atoms with Gasteiger partial charge >= 0.3 is 6.18 Å². The van der Waals surface area contributed by atoms with Crippen molar-refractivity contribution in [2.45, 2.75) is 44.4 Å². The van der Waals surface area contributed by atoms with Crippen LogP contribution < -0.4 is 5.32 Å². The van der Waals surface area contributed by atoms with Gasteiger partial charge in [-0.25, -0.2) is 0 Å². The van der Waals surface area contributed by atoms with Gasteiger partial charge in [-0.05, 0) is 56.0 Å². The number of amides is 1. The smallest absolute Gasteiger partial charge is 0.352 e. The Morgan fingerprint density at radius 2 is 1.83 bits per heavy atom. The summed E-state index contributed by atoms with van der Waals surface area (Å²) in [6, 6.07) is 5.81. The zero-order chi connectivity index (χ0) is 20.7. The maximum absolute atomic E-state index is 12.8. The SMILES string of the molecule is O=C(CCC1CCN(C2CSCCSC2)CC1)NCc1cccc(C(F)(F)F)c1. The second-order valence-electron chi connectivity index (χ2n) is 7.80. The molecule has 0 bridgehead atoms. The fraction of sp³-hybridized carbons (Fsp3) is 0.667. The molecule has 0 saturated carbocycles. The monoisotopic (exact) mass is 446 g/mol. The Morgan fingerprint density at radius 1 is 1.14 bits per heavy atom. The minimum atomic E-state index is -4.36. The van der Waals surface area contributed by atoms with Crippen molar-refractivity contribution >= 4 is 29.4 Å². The number of piperidine rings is 1. The number of benzene rings is 1. The maximum Gasteiger partial charge on any atom is 0.416 e. The van der Waals surface area contributed by atoms with Gasteiger partial charge in [0.05, 0.1) is 5.56 Å². The van der Waals surface area contributed by atoms with Gasteiger partial charge in [0.2, 0.25) is 5.91 Å². The number of halogens is 3.